The van der Waals surface area contributed by atoms with E-state index >= 15 is 0 Å². The summed E-state index contributed by atoms with van der Waals surface area (Å²) < 4.78 is 0. The first-order chi connectivity index (χ1) is 8.90. The number of nitrogens with one attached hydrogen (secondary N) is 1. The number of urea groups is 1. The molecule has 0 aromatic rings. The molecular weight excluding hydrogens is 242 g/mol. The van der Waals surface area contributed by atoms with Crippen LogP contribution >= 0.6 is 0 Å². The molecular formula is C14H29N3O2. The van der Waals surface area contributed by atoms with Gasteiger partial charge in [0.05, 0.1) is 6.10 Å². The van der Waals surface area contributed by atoms with Crippen LogP contribution in [0.15, 0.2) is 0 Å². The van der Waals surface area contributed by atoms with E-state index in [2.05, 4.69) is 19.2 Å². The van der Waals surface area contributed by atoms with Crippen molar-refractivity contribution < 1.29 is 9.90 Å². The number of piperidine rings is 1. The molecule has 1 aliphatic heterocycles. The number of rotatable bonds is 5. The third kappa shape index (κ3) is 5.78. The van der Waals surface area contributed by atoms with Gasteiger partial charge in [0.1, 0.15) is 0 Å². The molecule has 0 bridgehead atoms. The van der Waals surface area contributed by atoms with Crippen LogP contribution in [0.2, 0.25) is 0 Å². The zero-order valence-corrected chi connectivity index (χ0v) is 12.7. The standard InChI is InChI=1S/C14H29N3O2/c1-11(2)9-13(18)10-15-12-5-7-17(8-6-12)14(19)16(3)4/h11-13,15,18H,5-10H2,1-4H3. The number of aliphatic hydroxyl groups excluding tert-OH is 1. The minimum atomic E-state index is -0.263. The van der Waals surface area contributed by atoms with Crippen LogP contribution in [0, 0.1) is 5.92 Å². The summed E-state index contributed by atoms with van der Waals surface area (Å²) in [7, 11) is 3.57. The summed E-state index contributed by atoms with van der Waals surface area (Å²) in [5, 5.41) is 13.2. The van der Waals surface area contributed by atoms with Crippen molar-refractivity contribution in [3.8, 4) is 0 Å². The Balaban J connectivity index is 2.21. The summed E-state index contributed by atoms with van der Waals surface area (Å²) in [6.07, 6.45) is 2.51. The Labute approximate surface area is 117 Å². The van der Waals surface area contributed by atoms with Gasteiger partial charge in [-0.05, 0) is 25.2 Å². The second kappa shape index (κ2) is 7.70. The van der Waals surface area contributed by atoms with Gasteiger partial charge in [0.25, 0.3) is 0 Å². The molecule has 2 amide bonds. The van der Waals surface area contributed by atoms with Crippen molar-refractivity contribution >= 4 is 6.03 Å². The van der Waals surface area contributed by atoms with E-state index in [9.17, 15) is 9.90 Å². The van der Waals surface area contributed by atoms with Crippen molar-refractivity contribution in [3.63, 3.8) is 0 Å². The Bertz CT molecular complexity index is 274. The fourth-order valence-corrected chi connectivity index (χ4v) is 2.49. The van der Waals surface area contributed by atoms with E-state index in [0.717, 1.165) is 32.4 Å². The molecule has 0 radical (unpaired) electrons. The molecule has 19 heavy (non-hydrogen) atoms. The maximum absolute atomic E-state index is 11.8. The average Bonchev–Trinajstić information content (AvgIpc) is 2.35. The van der Waals surface area contributed by atoms with Gasteiger partial charge in [-0.3, -0.25) is 0 Å². The van der Waals surface area contributed by atoms with E-state index in [0.29, 0.717) is 18.5 Å². The molecule has 5 heteroatoms. The Kier molecular flexibility index (Phi) is 6.58. The Morgan fingerprint density at radius 2 is 1.95 bits per heavy atom. The molecule has 0 spiro atoms. The van der Waals surface area contributed by atoms with Crippen LogP contribution in [0.3, 0.4) is 0 Å². The van der Waals surface area contributed by atoms with E-state index < -0.39 is 0 Å². The van der Waals surface area contributed by atoms with E-state index in [1.54, 1.807) is 19.0 Å². The van der Waals surface area contributed by atoms with Crippen LogP contribution in [-0.4, -0.2) is 66.8 Å². The highest BCUT2D eigenvalue weighted by molar-refractivity contribution is 5.73. The molecule has 1 atom stereocenters. The highest BCUT2D eigenvalue weighted by Gasteiger charge is 2.23. The van der Waals surface area contributed by atoms with E-state index in [1.807, 2.05) is 4.90 Å². The van der Waals surface area contributed by atoms with Gasteiger partial charge in [-0.2, -0.15) is 0 Å². The monoisotopic (exact) mass is 271 g/mol. The summed E-state index contributed by atoms with van der Waals surface area (Å²) in [4.78, 5) is 15.3. The predicted octanol–water partition coefficient (Wildman–Crippen LogP) is 1.13. The number of carbonyl (C=O) groups is 1. The van der Waals surface area contributed by atoms with Gasteiger partial charge in [0.15, 0.2) is 0 Å². The first-order valence-corrected chi connectivity index (χ1v) is 7.27. The van der Waals surface area contributed by atoms with Crippen LogP contribution in [0.25, 0.3) is 0 Å². The molecule has 0 aromatic carbocycles. The lowest BCUT2D eigenvalue weighted by Crippen LogP contribution is -2.49. The Morgan fingerprint density at radius 1 is 1.37 bits per heavy atom. The second-order valence-electron chi connectivity index (χ2n) is 6.13. The molecule has 112 valence electrons. The maximum Gasteiger partial charge on any atom is 0.319 e. The van der Waals surface area contributed by atoms with Crippen LogP contribution in [0.5, 0.6) is 0 Å². The zero-order chi connectivity index (χ0) is 14.4. The minimum Gasteiger partial charge on any atom is -0.392 e. The van der Waals surface area contributed by atoms with Crippen molar-refractivity contribution in [2.24, 2.45) is 5.92 Å². The number of aliphatic hydroxyl groups is 1. The van der Waals surface area contributed by atoms with Crippen LogP contribution in [0.1, 0.15) is 33.1 Å². The van der Waals surface area contributed by atoms with E-state index in [-0.39, 0.29) is 12.1 Å². The van der Waals surface area contributed by atoms with E-state index in [4.69, 9.17) is 0 Å². The number of amides is 2. The molecule has 1 rings (SSSR count). The van der Waals surface area contributed by atoms with Crippen molar-refractivity contribution in [3.05, 3.63) is 0 Å². The molecule has 5 nitrogen and oxygen atoms in total. The highest BCUT2D eigenvalue weighted by atomic mass is 16.3. The fourth-order valence-electron chi connectivity index (χ4n) is 2.49. The third-order valence-corrected chi connectivity index (χ3v) is 3.53. The summed E-state index contributed by atoms with van der Waals surface area (Å²) in [6, 6.07) is 0.520. The van der Waals surface area contributed by atoms with Crippen LogP contribution in [-0.2, 0) is 0 Å². The number of hydrogen-bond acceptors (Lipinski definition) is 3. The number of nitrogens with zero attached hydrogens (tertiary/aromatic N) is 2. The smallest absolute Gasteiger partial charge is 0.319 e. The topological polar surface area (TPSA) is 55.8 Å². The van der Waals surface area contributed by atoms with Crippen molar-refractivity contribution in [2.45, 2.75) is 45.3 Å². The lowest BCUT2D eigenvalue weighted by atomic mass is 10.0. The van der Waals surface area contributed by atoms with Gasteiger partial charge in [-0.15, -0.1) is 0 Å². The molecule has 0 aliphatic carbocycles. The van der Waals surface area contributed by atoms with Gasteiger partial charge >= 0.3 is 6.03 Å². The molecule has 1 unspecified atom stereocenters. The van der Waals surface area contributed by atoms with Crippen LogP contribution < -0.4 is 5.32 Å². The van der Waals surface area contributed by atoms with Crippen molar-refractivity contribution in [1.29, 1.82) is 0 Å². The molecule has 2 N–H and O–H groups in total. The van der Waals surface area contributed by atoms with Gasteiger partial charge in [0, 0.05) is 39.8 Å². The second-order valence-corrected chi connectivity index (χ2v) is 6.13. The fraction of sp³-hybridized carbons (Fsp3) is 0.929. The van der Waals surface area contributed by atoms with E-state index in [1.165, 1.54) is 0 Å². The maximum atomic E-state index is 11.8. The van der Waals surface area contributed by atoms with Gasteiger partial charge < -0.3 is 20.2 Å². The lowest BCUT2D eigenvalue weighted by molar-refractivity contribution is 0.128. The quantitative estimate of drug-likeness (QED) is 0.788. The van der Waals surface area contributed by atoms with Crippen molar-refractivity contribution in [1.82, 2.24) is 15.1 Å². The minimum absolute atomic E-state index is 0.0956. The number of hydrogen-bond donors (Lipinski definition) is 2. The first kappa shape index (κ1) is 16.2. The number of likely N-dealkylation sites (tertiary alicyclic amines) is 1. The molecule has 0 aromatic heterocycles. The molecule has 0 saturated carbocycles. The van der Waals surface area contributed by atoms with Crippen LogP contribution in [0.4, 0.5) is 4.79 Å². The molecule has 1 fully saturated rings. The highest BCUT2D eigenvalue weighted by Crippen LogP contribution is 2.12. The summed E-state index contributed by atoms with van der Waals surface area (Å²) in [5.41, 5.74) is 0. The molecule has 1 heterocycles. The molecule has 1 aliphatic rings. The zero-order valence-electron chi connectivity index (χ0n) is 12.7. The van der Waals surface area contributed by atoms with Gasteiger partial charge in [0.2, 0.25) is 0 Å². The largest absolute Gasteiger partial charge is 0.392 e. The third-order valence-electron chi connectivity index (χ3n) is 3.53. The normalized spacial score (nSPS) is 18.7. The molecule has 1 saturated heterocycles. The summed E-state index contributed by atoms with van der Waals surface area (Å²) in [5.74, 6) is 0.524. The summed E-state index contributed by atoms with van der Waals surface area (Å²) >= 11 is 0. The van der Waals surface area contributed by atoms with Gasteiger partial charge in [-0.25, -0.2) is 4.79 Å². The Morgan fingerprint density at radius 3 is 2.42 bits per heavy atom. The van der Waals surface area contributed by atoms with Gasteiger partial charge in [-0.1, -0.05) is 13.8 Å². The first-order valence-electron chi connectivity index (χ1n) is 7.27. The Hall–Kier alpha value is -0.810. The average molecular weight is 271 g/mol. The predicted molar refractivity (Wildman–Crippen MR) is 77.1 cm³/mol. The number of carbonyl (C=O) groups excluding carboxylic acids is 1. The lowest BCUT2D eigenvalue weighted by Gasteiger charge is -2.34. The SMILES string of the molecule is CC(C)CC(O)CNC1CCN(C(=O)N(C)C)CC1. The van der Waals surface area contributed by atoms with Crippen molar-refractivity contribution in [2.75, 3.05) is 33.7 Å². The summed E-state index contributed by atoms with van der Waals surface area (Å²) in [6.45, 7) is 6.50.